The zero-order valence-electron chi connectivity index (χ0n) is 11.9. The summed E-state index contributed by atoms with van der Waals surface area (Å²) in [5.41, 5.74) is 1.07. The molecule has 2 N–H and O–H groups in total. The van der Waals surface area contributed by atoms with Gasteiger partial charge in [0.15, 0.2) is 0 Å². The first-order chi connectivity index (χ1) is 11.0. The molecule has 4 nitrogen and oxygen atoms in total. The summed E-state index contributed by atoms with van der Waals surface area (Å²) in [5, 5.41) is 5.71. The van der Waals surface area contributed by atoms with Crippen LogP contribution in [0.1, 0.15) is 15.9 Å². The lowest BCUT2D eigenvalue weighted by molar-refractivity contribution is -0.120. The van der Waals surface area contributed by atoms with Gasteiger partial charge in [0.1, 0.15) is 5.82 Å². The third-order valence-corrected chi connectivity index (χ3v) is 3.73. The van der Waals surface area contributed by atoms with Crippen molar-refractivity contribution in [3.63, 3.8) is 0 Å². The first-order valence-corrected chi connectivity index (χ1v) is 7.45. The zero-order chi connectivity index (χ0) is 16.8. The number of carbonyl (C=O) groups excluding carboxylic acids is 2. The molecule has 0 saturated heterocycles. The molecule has 0 fully saturated rings. The SMILES string of the molecule is O=C(CNC(=O)c1ccc(Cl)c(Cl)c1)NCc1ccc(F)cc1. The normalized spacial score (nSPS) is 10.2. The number of halogens is 3. The highest BCUT2D eigenvalue weighted by Gasteiger charge is 2.09. The van der Waals surface area contributed by atoms with Crippen LogP contribution in [0.25, 0.3) is 0 Å². The van der Waals surface area contributed by atoms with Gasteiger partial charge in [-0.05, 0) is 35.9 Å². The summed E-state index contributed by atoms with van der Waals surface area (Å²) >= 11 is 11.6. The Kier molecular flexibility index (Phi) is 5.96. The van der Waals surface area contributed by atoms with Crippen molar-refractivity contribution in [2.75, 3.05) is 6.54 Å². The molecule has 0 aliphatic rings. The maximum Gasteiger partial charge on any atom is 0.251 e. The van der Waals surface area contributed by atoms with Gasteiger partial charge < -0.3 is 10.6 Å². The van der Waals surface area contributed by atoms with Crippen molar-refractivity contribution < 1.29 is 14.0 Å². The molecule has 0 atom stereocenters. The molecular formula is C16H13Cl2FN2O2. The largest absolute Gasteiger partial charge is 0.350 e. The van der Waals surface area contributed by atoms with Gasteiger partial charge in [0, 0.05) is 12.1 Å². The van der Waals surface area contributed by atoms with Crippen LogP contribution in [0.4, 0.5) is 4.39 Å². The summed E-state index contributed by atoms with van der Waals surface area (Å²) in [7, 11) is 0. The Labute approximate surface area is 142 Å². The van der Waals surface area contributed by atoms with Crippen molar-refractivity contribution in [3.8, 4) is 0 Å². The van der Waals surface area contributed by atoms with Crippen molar-refractivity contribution in [2.24, 2.45) is 0 Å². The topological polar surface area (TPSA) is 58.2 Å². The average molecular weight is 355 g/mol. The van der Waals surface area contributed by atoms with E-state index in [2.05, 4.69) is 10.6 Å². The molecule has 0 spiro atoms. The van der Waals surface area contributed by atoms with Crippen LogP contribution >= 0.6 is 23.2 Å². The monoisotopic (exact) mass is 354 g/mol. The Morgan fingerprint density at radius 2 is 1.65 bits per heavy atom. The molecule has 0 aromatic heterocycles. The van der Waals surface area contributed by atoms with Crippen LogP contribution in [0.5, 0.6) is 0 Å². The summed E-state index contributed by atoms with van der Waals surface area (Å²) in [6.07, 6.45) is 0. The fourth-order valence-corrected chi connectivity index (χ4v) is 2.06. The van der Waals surface area contributed by atoms with Gasteiger partial charge in [0.25, 0.3) is 5.91 Å². The maximum absolute atomic E-state index is 12.8. The van der Waals surface area contributed by atoms with Crippen LogP contribution in [0, 0.1) is 5.82 Å². The van der Waals surface area contributed by atoms with E-state index in [1.165, 1.54) is 30.3 Å². The average Bonchev–Trinajstić information content (AvgIpc) is 2.54. The molecule has 2 amide bonds. The minimum Gasteiger partial charge on any atom is -0.350 e. The van der Waals surface area contributed by atoms with E-state index in [1.807, 2.05) is 0 Å². The van der Waals surface area contributed by atoms with Crippen LogP contribution in [0.2, 0.25) is 10.0 Å². The standard InChI is InChI=1S/C16H13Cl2FN2O2/c17-13-6-3-11(7-14(13)18)16(23)21-9-15(22)20-8-10-1-4-12(19)5-2-10/h1-7H,8-9H2,(H,20,22)(H,21,23). The number of benzene rings is 2. The number of carbonyl (C=O) groups is 2. The predicted octanol–water partition coefficient (Wildman–Crippen LogP) is 3.18. The number of rotatable bonds is 5. The molecule has 120 valence electrons. The summed E-state index contributed by atoms with van der Waals surface area (Å²) in [6.45, 7) is 0.0715. The lowest BCUT2D eigenvalue weighted by Crippen LogP contribution is -2.36. The van der Waals surface area contributed by atoms with Crippen LogP contribution < -0.4 is 10.6 Å². The maximum atomic E-state index is 12.8. The first kappa shape index (κ1) is 17.2. The van der Waals surface area contributed by atoms with Gasteiger partial charge >= 0.3 is 0 Å². The lowest BCUT2D eigenvalue weighted by Gasteiger charge is -2.08. The number of nitrogens with one attached hydrogen (secondary N) is 2. The molecule has 0 aliphatic carbocycles. The predicted molar refractivity (Wildman–Crippen MR) is 87.0 cm³/mol. The second kappa shape index (κ2) is 7.94. The van der Waals surface area contributed by atoms with Crippen molar-refractivity contribution in [3.05, 3.63) is 69.5 Å². The quantitative estimate of drug-likeness (QED) is 0.866. The van der Waals surface area contributed by atoms with E-state index in [0.29, 0.717) is 10.6 Å². The molecule has 2 aromatic carbocycles. The van der Waals surface area contributed by atoms with Crippen molar-refractivity contribution >= 4 is 35.0 Å². The van der Waals surface area contributed by atoms with Crippen LogP contribution in [-0.2, 0) is 11.3 Å². The molecular weight excluding hydrogens is 342 g/mol. The number of hydrogen-bond donors (Lipinski definition) is 2. The Hall–Kier alpha value is -2.11. The van der Waals surface area contributed by atoms with E-state index in [4.69, 9.17) is 23.2 Å². The summed E-state index contributed by atoms with van der Waals surface area (Å²) in [6, 6.07) is 10.2. The van der Waals surface area contributed by atoms with Crippen LogP contribution in [-0.4, -0.2) is 18.4 Å². The molecule has 2 aromatic rings. The van der Waals surface area contributed by atoms with Gasteiger partial charge in [-0.2, -0.15) is 0 Å². The van der Waals surface area contributed by atoms with Gasteiger partial charge in [-0.25, -0.2) is 4.39 Å². The van der Waals surface area contributed by atoms with Crippen molar-refractivity contribution in [2.45, 2.75) is 6.54 Å². The second-order valence-electron chi connectivity index (χ2n) is 4.71. The zero-order valence-corrected chi connectivity index (χ0v) is 13.4. The molecule has 7 heteroatoms. The summed E-state index contributed by atoms with van der Waals surface area (Å²) in [4.78, 5) is 23.6. The van der Waals surface area contributed by atoms with Crippen molar-refractivity contribution in [1.29, 1.82) is 0 Å². The van der Waals surface area contributed by atoms with E-state index in [-0.39, 0.29) is 29.8 Å². The highest BCUT2D eigenvalue weighted by molar-refractivity contribution is 6.42. The number of hydrogen-bond acceptors (Lipinski definition) is 2. The molecule has 0 saturated carbocycles. The Bertz CT molecular complexity index is 721. The fourth-order valence-electron chi connectivity index (χ4n) is 1.77. The Morgan fingerprint density at radius 3 is 2.30 bits per heavy atom. The third kappa shape index (κ3) is 5.23. The molecule has 23 heavy (non-hydrogen) atoms. The third-order valence-electron chi connectivity index (χ3n) is 2.99. The fraction of sp³-hybridized carbons (Fsp3) is 0.125. The molecule has 0 aliphatic heterocycles. The van der Waals surface area contributed by atoms with Crippen molar-refractivity contribution in [1.82, 2.24) is 10.6 Å². The second-order valence-corrected chi connectivity index (χ2v) is 5.53. The van der Waals surface area contributed by atoms with Gasteiger partial charge in [-0.1, -0.05) is 35.3 Å². The molecule has 0 unspecified atom stereocenters. The lowest BCUT2D eigenvalue weighted by atomic mass is 10.2. The van der Waals surface area contributed by atoms with Gasteiger partial charge in [-0.3, -0.25) is 9.59 Å². The highest BCUT2D eigenvalue weighted by Crippen LogP contribution is 2.22. The molecule has 0 bridgehead atoms. The Morgan fingerprint density at radius 1 is 0.957 bits per heavy atom. The van der Waals surface area contributed by atoms with Gasteiger partial charge in [0.05, 0.1) is 16.6 Å². The van der Waals surface area contributed by atoms with Gasteiger partial charge in [-0.15, -0.1) is 0 Å². The first-order valence-electron chi connectivity index (χ1n) is 6.70. The molecule has 0 radical (unpaired) electrons. The smallest absolute Gasteiger partial charge is 0.251 e. The van der Waals surface area contributed by atoms with E-state index >= 15 is 0 Å². The minimum absolute atomic E-state index is 0.180. The molecule has 2 rings (SSSR count). The van der Waals surface area contributed by atoms with E-state index in [1.54, 1.807) is 12.1 Å². The van der Waals surface area contributed by atoms with Crippen LogP contribution in [0.3, 0.4) is 0 Å². The summed E-state index contributed by atoms with van der Waals surface area (Å²) < 4.78 is 12.8. The van der Waals surface area contributed by atoms with E-state index in [9.17, 15) is 14.0 Å². The van der Waals surface area contributed by atoms with E-state index < -0.39 is 5.91 Å². The van der Waals surface area contributed by atoms with E-state index in [0.717, 1.165) is 5.56 Å². The number of amides is 2. The molecule has 0 heterocycles. The minimum atomic E-state index is -0.430. The van der Waals surface area contributed by atoms with Crippen LogP contribution in [0.15, 0.2) is 42.5 Å². The highest BCUT2D eigenvalue weighted by atomic mass is 35.5. The summed E-state index contributed by atoms with van der Waals surface area (Å²) in [5.74, 6) is -1.13. The Balaban J connectivity index is 1.80. The van der Waals surface area contributed by atoms with Gasteiger partial charge in [0.2, 0.25) is 5.91 Å².